The van der Waals surface area contributed by atoms with Crippen LogP contribution in [0, 0.1) is 0 Å². The van der Waals surface area contributed by atoms with Crippen LogP contribution in [0.1, 0.15) is 24.5 Å². The van der Waals surface area contributed by atoms with Gasteiger partial charge >= 0.3 is 6.18 Å². The molecule has 0 radical (unpaired) electrons. The molecule has 0 fully saturated rings. The first-order chi connectivity index (χ1) is 7.45. The fourth-order valence-electron chi connectivity index (χ4n) is 1.53. The van der Waals surface area contributed by atoms with Gasteiger partial charge in [0.15, 0.2) is 0 Å². The van der Waals surface area contributed by atoms with Gasteiger partial charge in [0.05, 0.1) is 5.56 Å². The standard InChI is InChI=1S/C12H16F3N/c1-9(16-2)7-8-10-5-3-4-6-11(10)12(13,14)15/h3-6,9,16H,7-8H2,1-2H3/t9-/m0/s1. The molecule has 0 aliphatic rings. The molecule has 1 rings (SSSR count). The lowest BCUT2D eigenvalue weighted by atomic mass is 10.0. The van der Waals surface area contributed by atoms with Crippen molar-refractivity contribution in [2.75, 3.05) is 7.05 Å². The second-order valence-corrected chi connectivity index (χ2v) is 3.88. The number of hydrogen-bond acceptors (Lipinski definition) is 1. The summed E-state index contributed by atoms with van der Waals surface area (Å²) in [7, 11) is 1.81. The van der Waals surface area contributed by atoms with E-state index in [1.807, 2.05) is 6.92 Å². The maximum Gasteiger partial charge on any atom is 0.416 e. The molecule has 1 atom stereocenters. The highest BCUT2D eigenvalue weighted by Gasteiger charge is 2.32. The monoisotopic (exact) mass is 231 g/mol. The third-order valence-corrected chi connectivity index (χ3v) is 2.66. The molecule has 1 aromatic rings. The lowest BCUT2D eigenvalue weighted by molar-refractivity contribution is -0.138. The Morgan fingerprint density at radius 3 is 2.44 bits per heavy atom. The predicted octanol–water partition coefficient (Wildman–Crippen LogP) is 3.25. The first-order valence-electron chi connectivity index (χ1n) is 5.27. The van der Waals surface area contributed by atoms with E-state index in [0.717, 1.165) is 6.07 Å². The van der Waals surface area contributed by atoms with Gasteiger partial charge in [-0.2, -0.15) is 13.2 Å². The van der Waals surface area contributed by atoms with Crippen LogP contribution in [0.25, 0.3) is 0 Å². The van der Waals surface area contributed by atoms with E-state index < -0.39 is 11.7 Å². The predicted molar refractivity (Wildman–Crippen MR) is 58.3 cm³/mol. The van der Waals surface area contributed by atoms with Crippen LogP contribution in [0.5, 0.6) is 0 Å². The summed E-state index contributed by atoms with van der Waals surface area (Å²) in [6, 6.07) is 5.98. The van der Waals surface area contributed by atoms with Crippen LogP contribution in [-0.2, 0) is 12.6 Å². The van der Waals surface area contributed by atoms with E-state index in [0.29, 0.717) is 18.4 Å². The highest BCUT2D eigenvalue weighted by molar-refractivity contribution is 5.29. The maximum atomic E-state index is 12.6. The van der Waals surface area contributed by atoms with E-state index in [-0.39, 0.29) is 6.04 Å². The summed E-state index contributed by atoms with van der Waals surface area (Å²) in [6.45, 7) is 1.95. The first-order valence-corrected chi connectivity index (χ1v) is 5.27. The molecule has 1 nitrogen and oxygen atoms in total. The van der Waals surface area contributed by atoms with Crippen LogP contribution in [0.2, 0.25) is 0 Å². The van der Waals surface area contributed by atoms with Crippen LogP contribution >= 0.6 is 0 Å². The Morgan fingerprint density at radius 1 is 1.25 bits per heavy atom. The lowest BCUT2D eigenvalue weighted by Crippen LogP contribution is -2.22. The number of rotatable bonds is 4. The summed E-state index contributed by atoms with van der Waals surface area (Å²) < 4.78 is 37.9. The van der Waals surface area contributed by atoms with Gasteiger partial charge in [0, 0.05) is 6.04 Å². The maximum absolute atomic E-state index is 12.6. The molecule has 0 amide bonds. The van der Waals surface area contributed by atoms with Crippen molar-refractivity contribution in [2.45, 2.75) is 32.0 Å². The van der Waals surface area contributed by atoms with Gasteiger partial charge in [0.25, 0.3) is 0 Å². The van der Waals surface area contributed by atoms with Gasteiger partial charge in [0.2, 0.25) is 0 Å². The average Bonchev–Trinajstić information content (AvgIpc) is 2.25. The molecule has 90 valence electrons. The van der Waals surface area contributed by atoms with Crippen LogP contribution < -0.4 is 5.32 Å². The summed E-state index contributed by atoms with van der Waals surface area (Å²) in [4.78, 5) is 0. The molecular weight excluding hydrogens is 215 g/mol. The van der Waals surface area contributed by atoms with Crippen LogP contribution in [0.3, 0.4) is 0 Å². The number of halogens is 3. The minimum atomic E-state index is -4.25. The van der Waals surface area contributed by atoms with Crippen molar-refractivity contribution in [1.29, 1.82) is 0 Å². The molecule has 1 N–H and O–H groups in total. The zero-order valence-electron chi connectivity index (χ0n) is 9.43. The second kappa shape index (κ2) is 5.34. The van der Waals surface area contributed by atoms with Crippen molar-refractivity contribution in [1.82, 2.24) is 5.32 Å². The summed E-state index contributed by atoms with van der Waals surface area (Å²) in [5.74, 6) is 0. The van der Waals surface area contributed by atoms with Crippen molar-refractivity contribution in [3.63, 3.8) is 0 Å². The first kappa shape index (κ1) is 13.0. The van der Waals surface area contributed by atoms with Crippen LogP contribution in [0.15, 0.2) is 24.3 Å². The van der Waals surface area contributed by atoms with Gasteiger partial charge in [-0.25, -0.2) is 0 Å². The smallest absolute Gasteiger partial charge is 0.317 e. The van der Waals surface area contributed by atoms with E-state index in [4.69, 9.17) is 0 Å². The highest BCUT2D eigenvalue weighted by Crippen LogP contribution is 2.32. The van der Waals surface area contributed by atoms with Crippen molar-refractivity contribution in [2.24, 2.45) is 0 Å². The number of aryl methyl sites for hydroxylation is 1. The Balaban J connectivity index is 2.80. The SMILES string of the molecule is CN[C@@H](C)CCc1ccccc1C(F)(F)F. The van der Waals surface area contributed by atoms with Crippen molar-refractivity contribution in [3.8, 4) is 0 Å². The topological polar surface area (TPSA) is 12.0 Å². The average molecular weight is 231 g/mol. The molecule has 0 aromatic heterocycles. The minimum Gasteiger partial charge on any atom is -0.317 e. The molecule has 16 heavy (non-hydrogen) atoms. The van der Waals surface area contributed by atoms with Crippen molar-refractivity contribution < 1.29 is 13.2 Å². The summed E-state index contributed by atoms with van der Waals surface area (Å²) in [5, 5.41) is 3.01. The van der Waals surface area contributed by atoms with Gasteiger partial charge in [-0.3, -0.25) is 0 Å². The quantitative estimate of drug-likeness (QED) is 0.838. The second-order valence-electron chi connectivity index (χ2n) is 3.88. The van der Waals surface area contributed by atoms with Crippen molar-refractivity contribution >= 4 is 0 Å². The largest absolute Gasteiger partial charge is 0.416 e. The van der Waals surface area contributed by atoms with Gasteiger partial charge in [-0.1, -0.05) is 18.2 Å². The number of benzene rings is 1. The number of nitrogens with one attached hydrogen (secondary N) is 1. The zero-order chi connectivity index (χ0) is 12.2. The normalized spacial score (nSPS) is 13.8. The molecule has 0 aliphatic carbocycles. The minimum absolute atomic E-state index is 0.223. The Kier molecular flexibility index (Phi) is 4.35. The number of alkyl halides is 3. The van der Waals surface area contributed by atoms with Crippen LogP contribution in [0.4, 0.5) is 13.2 Å². The third-order valence-electron chi connectivity index (χ3n) is 2.66. The van der Waals surface area contributed by atoms with E-state index >= 15 is 0 Å². The molecule has 0 unspecified atom stereocenters. The Morgan fingerprint density at radius 2 is 1.88 bits per heavy atom. The third kappa shape index (κ3) is 3.52. The molecular formula is C12H16F3N. The lowest BCUT2D eigenvalue weighted by Gasteiger charge is -2.14. The summed E-state index contributed by atoms with van der Waals surface area (Å²) in [5.41, 5.74) is -0.143. The van der Waals surface area contributed by atoms with E-state index in [2.05, 4.69) is 5.32 Å². The summed E-state index contributed by atoms with van der Waals surface area (Å²) in [6.07, 6.45) is -3.11. The molecule has 0 saturated heterocycles. The fraction of sp³-hybridized carbons (Fsp3) is 0.500. The molecule has 4 heteroatoms. The Bertz CT molecular complexity index is 333. The van der Waals surface area contributed by atoms with Crippen molar-refractivity contribution in [3.05, 3.63) is 35.4 Å². The molecule has 0 aliphatic heterocycles. The van der Waals surface area contributed by atoms with E-state index in [9.17, 15) is 13.2 Å². The van der Waals surface area contributed by atoms with Gasteiger partial charge in [0.1, 0.15) is 0 Å². The molecule has 0 spiro atoms. The summed E-state index contributed by atoms with van der Waals surface area (Å²) >= 11 is 0. The van der Waals surface area contributed by atoms with Crippen LogP contribution in [-0.4, -0.2) is 13.1 Å². The molecule has 1 aromatic carbocycles. The van der Waals surface area contributed by atoms with E-state index in [1.54, 1.807) is 19.2 Å². The van der Waals surface area contributed by atoms with Gasteiger partial charge in [-0.15, -0.1) is 0 Å². The molecule has 0 saturated carbocycles. The molecule has 0 bridgehead atoms. The highest BCUT2D eigenvalue weighted by atomic mass is 19.4. The van der Waals surface area contributed by atoms with Gasteiger partial charge in [-0.05, 0) is 38.4 Å². The Labute approximate surface area is 93.7 Å². The van der Waals surface area contributed by atoms with E-state index in [1.165, 1.54) is 6.07 Å². The fourth-order valence-corrected chi connectivity index (χ4v) is 1.53. The molecule has 0 heterocycles. The Hall–Kier alpha value is -1.03. The number of hydrogen-bond donors (Lipinski definition) is 1. The van der Waals surface area contributed by atoms with Gasteiger partial charge < -0.3 is 5.32 Å². The zero-order valence-corrected chi connectivity index (χ0v) is 9.43.